The summed E-state index contributed by atoms with van der Waals surface area (Å²) in [6.45, 7) is 6.81. The van der Waals surface area contributed by atoms with Crippen molar-refractivity contribution in [3.05, 3.63) is 89.0 Å². The minimum atomic E-state index is 0.633. The second kappa shape index (κ2) is 9.73. The van der Waals surface area contributed by atoms with Crippen LogP contribution in [-0.4, -0.2) is 26.4 Å². The molecule has 0 aliphatic carbocycles. The molecule has 136 valence electrons. The van der Waals surface area contributed by atoms with Crippen molar-refractivity contribution < 1.29 is 9.75 Å². The number of allylic oxidation sites excluding steroid dienone is 3. The maximum Gasteiger partial charge on any atom is 0.126 e. The van der Waals surface area contributed by atoms with E-state index < -0.39 is 0 Å². The predicted molar refractivity (Wildman–Crippen MR) is 110 cm³/mol. The van der Waals surface area contributed by atoms with Gasteiger partial charge < -0.3 is 4.74 Å². The fraction of sp³-hybridized carbons (Fsp3) is 0.261. The van der Waals surface area contributed by atoms with Crippen molar-refractivity contribution in [1.29, 1.82) is 0 Å². The van der Waals surface area contributed by atoms with Crippen molar-refractivity contribution in [2.75, 3.05) is 20.7 Å². The summed E-state index contributed by atoms with van der Waals surface area (Å²) >= 11 is 0. The summed E-state index contributed by atoms with van der Waals surface area (Å²) in [5, 5.41) is 5.71. The highest BCUT2D eigenvalue weighted by Crippen LogP contribution is 2.17. The van der Waals surface area contributed by atoms with Gasteiger partial charge in [-0.1, -0.05) is 70.8 Å². The molecule has 0 bridgehead atoms. The van der Waals surface area contributed by atoms with E-state index in [1.54, 1.807) is 0 Å². The normalized spacial score (nSPS) is 12.8. The molecule has 0 atom stereocenters. The van der Waals surface area contributed by atoms with Crippen molar-refractivity contribution in [3.8, 4) is 0 Å². The minimum absolute atomic E-state index is 0.633. The van der Waals surface area contributed by atoms with Gasteiger partial charge in [-0.25, -0.2) is 5.01 Å². The molecule has 0 fully saturated rings. The summed E-state index contributed by atoms with van der Waals surface area (Å²) in [4.78, 5) is 0. The van der Waals surface area contributed by atoms with Crippen molar-refractivity contribution in [3.63, 3.8) is 0 Å². The van der Waals surface area contributed by atoms with Crippen LogP contribution in [0.5, 0.6) is 0 Å². The molecule has 0 saturated heterocycles. The quantitative estimate of drug-likeness (QED) is 0.350. The van der Waals surface area contributed by atoms with Crippen LogP contribution < -0.4 is 5.01 Å². The number of quaternary nitrogens is 1. The third-order valence-corrected chi connectivity index (χ3v) is 3.83. The van der Waals surface area contributed by atoms with E-state index >= 15 is 0 Å². The highest BCUT2D eigenvalue weighted by atomic mass is 16.5. The number of aryl methyl sites for hydroxylation is 2. The Morgan fingerprint density at radius 3 is 1.96 bits per heavy atom. The molecule has 0 unspecified atom stereocenters. The largest absolute Gasteiger partial charge is 0.493 e. The van der Waals surface area contributed by atoms with Crippen LogP contribution in [0.1, 0.15) is 29.2 Å². The van der Waals surface area contributed by atoms with Crippen LogP contribution in [0, 0.1) is 13.8 Å². The Bertz CT molecular complexity index is 782. The molecule has 0 saturated carbocycles. The molecule has 2 rings (SSSR count). The van der Waals surface area contributed by atoms with E-state index in [0.29, 0.717) is 6.61 Å². The summed E-state index contributed by atoms with van der Waals surface area (Å²) in [6.07, 6.45) is 6.04. The average molecular weight is 349 g/mol. The first-order valence-corrected chi connectivity index (χ1v) is 9.03. The lowest BCUT2D eigenvalue weighted by molar-refractivity contribution is -0.865. The SMILES string of the molecule is CCO/C(=C/C=C/C(=N\[NH+](C)C)c1ccc(C)cc1)c1ccc(C)cc1. The van der Waals surface area contributed by atoms with Gasteiger partial charge in [-0.05, 0) is 32.9 Å². The number of nitrogens with one attached hydrogen (secondary N) is 1. The molecule has 0 aliphatic heterocycles. The first kappa shape index (κ1) is 19.7. The molecular weight excluding hydrogens is 320 g/mol. The van der Waals surface area contributed by atoms with Gasteiger partial charge >= 0.3 is 0 Å². The highest BCUT2D eigenvalue weighted by Gasteiger charge is 2.04. The lowest BCUT2D eigenvalue weighted by atomic mass is 10.1. The van der Waals surface area contributed by atoms with Gasteiger partial charge in [0.2, 0.25) is 0 Å². The van der Waals surface area contributed by atoms with Gasteiger partial charge in [-0.15, -0.1) is 0 Å². The first-order chi connectivity index (χ1) is 12.5. The van der Waals surface area contributed by atoms with Crippen LogP contribution in [0.3, 0.4) is 0 Å². The van der Waals surface area contributed by atoms with Gasteiger partial charge in [0.1, 0.15) is 11.5 Å². The summed E-state index contributed by atoms with van der Waals surface area (Å²) in [6, 6.07) is 16.8. The van der Waals surface area contributed by atoms with E-state index in [1.165, 1.54) is 11.1 Å². The number of hydrogen-bond acceptors (Lipinski definition) is 2. The van der Waals surface area contributed by atoms with E-state index in [2.05, 4.69) is 67.5 Å². The summed E-state index contributed by atoms with van der Waals surface area (Å²) in [5.74, 6) is 0.865. The van der Waals surface area contributed by atoms with Crippen molar-refractivity contribution in [2.24, 2.45) is 5.10 Å². The highest BCUT2D eigenvalue weighted by molar-refractivity contribution is 6.08. The fourth-order valence-corrected chi connectivity index (χ4v) is 2.49. The standard InChI is InChI=1S/C23H28N2O/c1-6-26-23(21-16-12-19(3)13-17-21)9-7-8-22(24-25(4)5)20-14-10-18(2)11-15-20/h7-17H,6H2,1-5H3/p+1/b8-7+,23-9+,24-22+. The fourth-order valence-electron chi connectivity index (χ4n) is 2.49. The molecule has 2 aromatic rings. The smallest absolute Gasteiger partial charge is 0.126 e. The molecule has 0 aliphatic rings. The van der Waals surface area contributed by atoms with Crippen molar-refractivity contribution >= 4 is 11.5 Å². The molecule has 3 heteroatoms. The summed E-state index contributed by atoms with van der Waals surface area (Å²) < 4.78 is 5.82. The van der Waals surface area contributed by atoms with Gasteiger partial charge in [0, 0.05) is 11.1 Å². The van der Waals surface area contributed by atoms with E-state index in [-0.39, 0.29) is 0 Å². The van der Waals surface area contributed by atoms with E-state index in [9.17, 15) is 0 Å². The Hall–Kier alpha value is -2.65. The molecule has 0 heterocycles. The van der Waals surface area contributed by atoms with E-state index in [1.807, 2.05) is 39.2 Å². The average Bonchev–Trinajstić information content (AvgIpc) is 2.61. The number of nitrogens with zero attached hydrogens (tertiary/aromatic N) is 1. The lowest BCUT2D eigenvalue weighted by Gasteiger charge is -2.08. The predicted octanol–water partition coefficient (Wildman–Crippen LogP) is 3.79. The van der Waals surface area contributed by atoms with Crippen molar-refractivity contribution in [2.45, 2.75) is 20.8 Å². The first-order valence-electron chi connectivity index (χ1n) is 9.03. The number of hydrogen-bond donors (Lipinski definition) is 1. The van der Waals surface area contributed by atoms with Crippen LogP contribution in [0.2, 0.25) is 0 Å². The van der Waals surface area contributed by atoms with Gasteiger partial charge in [0.25, 0.3) is 0 Å². The molecule has 0 aromatic heterocycles. The van der Waals surface area contributed by atoms with Gasteiger partial charge in [-0.2, -0.15) is 0 Å². The zero-order chi connectivity index (χ0) is 18.9. The number of rotatable bonds is 7. The Morgan fingerprint density at radius 2 is 1.46 bits per heavy atom. The Morgan fingerprint density at radius 1 is 0.923 bits per heavy atom. The summed E-state index contributed by atoms with van der Waals surface area (Å²) in [5.41, 5.74) is 5.61. The topological polar surface area (TPSA) is 26.0 Å². The molecule has 1 N–H and O–H groups in total. The second-order valence-electron chi connectivity index (χ2n) is 6.50. The Balaban J connectivity index is 2.30. The lowest BCUT2D eigenvalue weighted by Crippen LogP contribution is -3.00. The maximum atomic E-state index is 5.82. The minimum Gasteiger partial charge on any atom is -0.493 e. The third-order valence-electron chi connectivity index (χ3n) is 3.83. The van der Waals surface area contributed by atoms with Crippen LogP contribution >= 0.6 is 0 Å². The Kier molecular flexibility index (Phi) is 7.37. The second-order valence-corrected chi connectivity index (χ2v) is 6.50. The number of ether oxygens (including phenoxy) is 1. The van der Waals surface area contributed by atoms with Gasteiger partial charge in [-0.3, -0.25) is 0 Å². The molecule has 0 radical (unpaired) electrons. The molecule has 0 spiro atoms. The molecule has 2 aromatic carbocycles. The van der Waals surface area contributed by atoms with Gasteiger partial charge in [0.15, 0.2) is 0 Å². The van der Waals surface area contributed by atoms with Crippen molar-refractivity contribution in [1.82, 2.24) is 0 Å². The van der Waals surface area contributed by atoms with Crippen LogP contribution in [0.25, 0.3) is 5.76 Å². The van der Waals surface area contributed by atoms with Crippen LogP contribution in [0.4, 0.5) is 0 Å². The third kappa shape index (κ3) is 6.01. The van der Waals surface area contributed by atoms with Crippen LogP contribution in [-0.2, 0) is 4.74 Å². The molecule has 26 heavy (non-hydrogen) atoms. The monoisotopic (exact) mass is 349 g/mol. The summed E-state index contributed by atoms with van der Waals surface area (Å²) in [7, 11) is 4.02. The zero-order valence-corrected chi connectivity index (χ0v) is 16.4. The van der Waals surface area contributed by atoms with E-state index in [4.69, 9.17) is 4.74 Å². The Labute approximate surface area is 157 Å². The molecule has 3 nitrogen and oxygen atoms in total. The van der Waals surface area contributed by atoms with Crippen LogP contribution in [0.15, 0.2) is 71.9 Å². The maximum absolute atomic E-state index is 5.82. The number of benzene rings is 2. The molecule has 0 amide bonds. The zero-order valence-electron chi connectivity index (χ0n) is 16.4. The van der Waals surface area contributed by atoms with Gasteiger partial charge in [0.05, 0.1) is 20.7 Å². The van der Waals surface area contributed by atoms with E-state index in [0.717, 1.165) is 27.6 Å². The molecular formula is C23H29N2O+.